The van der Waals surface area contributed by atoms with Gasteiger partial charge in [-0.15, -0.1) is 11.3 Å². The fourth-order valence-electron chi connectivity index (χ4n) is 15.7. The molecule has 5 heteroatoms. The summed E-state index contributed by atoms with van der Waals surface area (Å²) in [7, 11) is 0. The standard InChI is InChI=1S/C84H58N4S/c1-51-28-35-74-64(38-51)69-48-79-68(47-80(69)85(74)56-18-8-4-9-19-56)60-33-29-55(44-77(60)88(79)59-24-14-7-15-25-59)40-54-32-36-75-65(42-54)67-45-73-63(46-78(67)86(75)57-20-10-5-11-21-57)62-41-52(30-34-72(62)84(73,2)3)39-53-31-37-76-66(43-53)70-50-83-71(61-26-16-17-27-82(61)89-83)49-81(70)87(76)58-22-12-6-13-23-58/h4-38,41-50H,39-40H2,1-3H3. The average molecular weight is 1160 g/mol. The summed E-state index contributed by atoms with van der Waals surface area (Å²) in [4.78, 5) is 0. The maximum Gasteiger partial charge on any atom is 0.0548 e. The number of fused-ring (bicyclic) bond motifs is 18. The van der Waals surface area contributed by atoms with Gasteiger partial charge in [0.2, 0.25) is 0 Å². The van der Waals surface area contributed by atoms with Crippen molar-refractivity contribution in [2.75, 3.05) is 0 Å². The summed E-state index contributed by atoms with van der Waals surface area (Å²) < 4.78 is 12.5. The Morgan fingerprint density at radius 1 is 0.270 bits per heavy atom. The SMILES string of the molecule is Cc1ccc2c(c1)c1cc3c(cc1n2-c1ccccc1)c1ccc(Cc2ccc4c(c2)c2cc5c(cc2n4-c2ccccc2)-c2cc(Cc4ccc6c(c4)c4cc7sc8ccccc8c7cc4n6-c4ccccc4)ccc2C5(C)C)cc1n3-c1ccccc1. The molecule has 0 atom stereocenters. The smallest absolute Gasteiger partial charge is 0.0548 e. The van der Waals surface area contributed by atoms with Crippen LogP contribution in [-0.4, -0.2) is 18.3 Å². The topological polar surface area (TPSA) is 19.7 Å². The predicted molar refractivity (Wildman–Crippen MR) is 377 cm³/mol. The lowest BCUT2D eigenvalue weighted by Gasteiger charge is -2.21. The van der Waals surface area contributed by atoms with Crippen LogP contribution in [0.15, 0.2) is 273 Å². The average Bonchev–Trinajstić information content (AvgIpc) is 1.61. The Labute approximate surface area is 518 Å². The molecule has 18 aromatic rings. The van der Waals surface area contributed by atoms with Gasteiger partial charge in [0, 0.05) is 91.4 Å². The third-order valence-corrected chi connectivity index (χ3v) is 20.9. The molecule has 0 N–H and O–H groups in total. The zero-order chi connectivity index (χ0) is 58.8. The summed E-state index contributed by atoms with van der Waals surface area (Å²) in [5.41, 5.74) is 26.2. The van der Waals surface area contributed by atoms with E-state index in [2.05, 4.69) is 312 Å². The highest BCUT2D eigenvalue weighted by Gasteiger charge is 2.37. The highest BCUT2D eigenvalue weighted by molar-refractivity contribution is 7.25. The maximum atomic E-state index is 2.54. The minimum absolute atomic E-state index is 0.193. The van der Waals surface area contributed by atoms with Gasteiger partial charge in [-0.05, 0) is 198 Å². The number of rotatable bonds is 8. The summed E-state index contributed by atoms with van der Waals surface area (Å²) in [6, 6.07) is 103. The van der Waals surface area contributed by atoms with E-state index in [0.717, 1.165) is 18.5 Å². The van der Waals surface area contributed by atoms with Crippen LogP contribution in [0.3, 0.4) is 0 Å². The number of nitrogens with zero attached hydrogens (tertiary/aromatic N) is 4. The lowest BCUT2D eigenvalue weighted by Crippen LogP contribution is -2.15. The third-order valence-electron chi connectivity index (χ3n) is 19.8. The zero-order valence-electron chi connectivity index (χ0n) is 49.6. The summed E-state index contributed by atoms with van der Waals surface area (Å²) in [6.45, 7) is 7.04. The molecule has 0 fully saturated rings. The molecular formula is C84H58N4S. The Morgan fingerprint density at radius 2 is 0.674 bits per heavy atom. The Hall–Kier alpha value is -10.7. The fourth-order valence-corrected chi connectivity index (χ4v) is 16.8. The first kappa shape index (κ1) is 50.4. The maximum absolute atomic E-state index is 2.54. The van der Waals surface area contributed by atoms with E-state index in [1.165, 1.54) is 175 Å². The predicted octanol–water partition coefficient (Wildman–Crippen LogP) is 22.2. The van der Waals surface area contributed by atoms with E-state index < -0.39 is 0 Å². The van der Waals surface area contributed by atoms with Crippen molar-refractivity contribution in [1.29, 1.82) is 0 Å². The van der Waals surface area contributed by atoms with Crippen LogP contribution in [0.25, 0.3) is 141 Å². The van der Waals surface area contributed by atoms with E-state index >= 15 is 0 Å². The van der Waals surface area contributed by atoms with Gasteiger partial charge in [-0.1, -0.05) is 159 Å². The summed E-state index contributed by atoms with van der Waals surface area (Å²) in [5.74, 6) is 0. The van der Waals surface area contributed by atoms with E-state index in [-0.39, 0.29) is 5.41 Å². The Balaban J connectivity index is 0.719. The highest BCUT2D eigenvalue weighted by Crippen LogP contribution is 2.52. The first-order valence-electron chi connectivity index (χ1n) is 31.1. The molecule has 13 aromatic carbocycles. The normalized spacial score (nSPS) is 13.1. The Morgan fingerprint density at radius 3 is 1.27 bits per heavy atom. The van der Waals surface area contributed by atoms with Gasteiger partial charge in [0.15, 0.2) is 0 Å². The molecule has 89 heavy (non-hydrogen) atoms. The van der Waals surface area contributed by atoms with Crippen molar-refractivity contribution >= 4 is 119 Å². The van der Waals surface area contributed by atoms with Crippen molar-refractivity contribution in [3.63, 3.8) is 0 Å². The molecule has 19 rings (SSSR count). The second kappa shape index (κ2) is 18.9. The van der Waals surface area contributed by atoms with Crippen molar-refractivity contribution in [3.8, 4) is 33.9 Å². The Bertz CT molecular complexity index is 5990. The van der Waals surface area contributed by atoms with Crippen molar-refractivity contribution in [1.82, 2.24) is 18.3 Å². The van der Waals surface area contributed by atoms with Gasteiger partial charge in [-0.2, -0.15) is 0 Å². The largest absolute Gasteiger partial charge is 0.309 e. The number of para-hydroxylation sites is 4. The number of aryl methyl sites for hydroxylation is 1. The molecule has 0 aliphatic heterocycles. The summed E-state index contributed by atoms with van der Waals surface area (Å²) >= 11 is 1.89. The second-order valence-electron chi connectivity index (χ2n) is 25.4. The van der Waals surface area contributed by atoms with Crippen molar-refractivity contribution in [3.05, 3.63) is 312 Å². The molecule has 420 valence electrons. The van der Waals surface area contributed by atoms with E-state index in [1.807, 2.05) is 11.3 Å². The molecule has 4 nitrogen and oxygen atoms in total. The van der Waals surface area contributed by atoms with E-state index in [9.17, 15) is 0 Å². The van der Waals surface area contributed by atoms with Crippen molar-refractivity contribution < 1.29 is 0 Å². The molecule has 5 aromatic heterocycles. The molecular weight excluding hydrogens is 1100 g/mol. The molecule has 0 unspecified atom stereocenters. The second-order valence-corrected chi connectivity index (χ2v) is 26.5. The van der Waals surface area contributed by atoms with Gasteiger partial charge < -0.3 is 18.3 Å². The lowest BCUT2D eigenvalue weighted by atomic mass is 9.81. The number of thiophene rings is 1. The van der Waals surface area contributed by atoms with E-state index in [0.29, 0.717) is 0 Å². The molecule has 5 heterocycles. The zero-order valence-corrected chi connectivity index (χ0v) is 50.4. The quantitative estimate of drug-likeness (QED) is 0.144. The molecule has 1 aliphatic rings. The van der Waals surface area contributed by atoms with Crippen LogP contribution in [0, 0.1) is 6.92 Å². The van der Waals surface area contributed by atoms with Crippen molar-refractivity contribution in [2.45, 2.75) is 39.0 Å². The lowest BCUT2D eigenvalue weighted by molar-refractivity contribution is 0.661. The molecule has 0 radical (unpaired) electrons. The Kier molecular flexibility index (Phi) is 10.7. The van der Waals surface area contributed by atoms with Crippen LogP contribution >= 0.6 is 11.3 Å². The number of hydrogen-bond acceptors (Lipinski definition) is 1. The van der Waals surface area contributed by atoms with Gasteiger partial charge in [0.25, 0.3) is 0 Å². The number of hydrogen-bond donors (Lipinski definition) is 0. The van der Waals surface area contributed by atoms with Gasteiger partial charge in [-0.3, -0.25) is 0 Å². The number of aromatic nitrogens is 4. The van der Waals surface area contributed by atoms with Gasteiger partial charge in [0.1, 0.15) is 0 Å². The fraction of sp³-hybridized carbons (Fsp3) is 0.0714. The van der Waals surface area contributed by atoms with Gasteiger partial charge in [0.05, 0.1) is 44.1 Å². The molecule has 1 aliphatic carbocycles. The molecule has 0 spiro atoms. The molecule has 0 amide bonds. The minimum atomic E-state index is -0.193. The van der Waals surface area contributed by atoms with Crippen LogP contribution in [0.1, 0.15) is 52.8 Å². The molecule has 0 bridgehead atoms. The van der Waals surface area contributed by atoms with E-state index in [1.54, 1.807) is 0 Å². The van der Waals surface area contributed by atoms with Crippen LogP contribution in [-0.2, 0) is 18.3 Å². The van der Waals surface area contributed by atoms with Crippen LogP contribution in [0.2, 0.25) is 0 Å². The minimum Gasteiger partial charge on any atom is -0.309 e. The summed E-state index contributed by atoms with van der Waals surface area (Å²) in [6.07, 6.45) is 1.64. The number of benzene rings is 13. The molecule has 0 saturated heterocycles. The first-order chi connectivity index (χ1) is 43.8. The van der Waals surface area contributed by atoms with Crippen LogP contribution < -0.4 is 0 Å². The van der Waals surface area contributed by atoms with E-state index in [4.69, 9.17) is 0 Å². The third kappa shape index (κ3) is 7.52. The molecule has 0 saturated carbocycles. The van der Waals surface area contributed by atoms with Crippen molar-refractivity contribution in [2.24, 2.45) is 0 Å². The summed E-state index contributed by atoms with van der Waals surface area (Å²) in [5, 5.41) is 12.8. The first-order valence-corrected chi connectivity index (χ1v) is 31.9. The highest BCUT2D eigenvalue weighted by atomic mass is 32.1. The van der Waals surface area contributed by atoms with Gasteiger partial charge in [-0.25, -0.2) is 0 Å². The van der Waals surface area contributed by atoms with Gasteiger partial charge >= 0.3 is 0 Å². The monoisotopic (exact) mass is 1150 g/mol. The van der Waals surface area contributed by atoms with Crippen LogP contribution in [0.5, 0.6) is 0 Å². The van der Waals surface area contributed by atoms with Crippen LogP contribution in [0.4, 0.5) is 0 Å².